The topological polar surface area (TPSA) is 77.4 Å². The highest BCUT2D eigenvalue weighted by atomic mass is 16.5. The van der Waals surface area contributed by atoms with Gasteiger partial charge in [-0.3, -0.25) is 5.43 Å². The van der Waals surface area contributed by atoms with Crippen LogP contribution in [0.2, 0.25) is 0 Å². The Hall–Kier alpha value is -3.58. The maximum absolute atomic E-state index is 11.5. The highest BCUT2D eigenvalue weighted by Gasteiger charge is 2.25. The molecule has 0 radical (unpaired) electrons. The number of ether oxygens (including phenoxy) is 1. The third kappa shape index (κ3) is 5.92. The Labute approximate surface area is 207 Å². The van der Waals surface area contributed by atoms with Crippen LogP contribution < -0.4 is 10.3 Å². The molecular formula is C28H34N4O3. The fraction of sp³-hybridized carbons (Fsp3) is 0.357. The number of carboxylic acid groups (broad SMARTS) is 1. The van der Waals surface area contributed by atoms with Crippen molar-refractivity contribution < 1.29 is 14.6 Å². The van der Waals surface area contributed by atoms with Gasteiger partial charge >= 0.3 is 5.97 Å². The second-order valence-corrected chi connectivity index (χ2v) is 8.63. The van der Waals surface area contributed by atoms with E-state index in [0.717, 1.165) is 44.6 Å². The molecule has 2 aliphatic rings. The number of allylic oxidation sites excluding steroid dienone is 2. The van der Waals surface area contributed by atoms with Crippen molar-refractivity contribution in [3.05, 3.63) is 76.5 Å². The van der Waals surface area contributed by atoms with Crippen LogP contribution in [0, 0.1) is 0 Å². The van der Waals surface area contributed by atoms with E-state index < -0.39 is 5.97 Å². The summed E-state index contributed by atoms with van der Waals surface area (Å²) in [6.07, 6.45) is 5.96. The molecule has 0 spiro atoms. The summed E-state index contributed by atoms with van der Waals surface area (Å²) in [7, 11) is 0. The molecular weight excluding hydrogens is 440 g/mol. The molecule has 35 heavy (non-hydrogen) atoms. The SMILES string of the molecule is CCN(CC)c1ccc(C=C2CCC(C=NNc3ccccc3C(=O)O)=C2N2CCOCC2)cc1. The predicted octanol–water partition coefficient (Wildman–Crippen LogP) is 5.09. The molecule has 0 bridgehead atoms. The number of hydrogen-bond donors (Lipinski definition) is 2. The summed E-state index contributed by atoms with van der Waals surface area (Å²) in [5, 5.41) is 13.8. The number of rotatable bonds is 9. The van der Waals surface area contributed by atoms with E-state index in [2.05, 4.69) is 64.5 Å². The number of carbonyl (C=O) groups is 1. The number of carboxylic acids is 1. The number of nitrogens with one attached hydrogen (secondary N) is 1. The molecule has 2 aromatic carbocycles. The van der Waals surface area contributed by atoms with E-state index in [9.17, 15) is 9.90 Å². The molecule has 0 amide bonds. The maximum Gasteiger partial charge on any atom is 0.337 e. The van der Waals surface area contributed by atoms with Gasteiger partial charge in [-0.1, -0.05) is 24.3 Å². The molecule has 1 fully saturated rings. The van der Waals surface area contributed by atoms with Gasteiger partial charge < -0.3 is 19.6 Å². The van der Waals surface area contributed by atoms with Crippen molar-refractivity contribution >= 4 is 29.6 Å². The first-order valence-corrected chi connectivity index (χ1v) is 12.3. The van der Waals surface area contributed by atoms with Crippen molar-refractivity contribution in [2.75, 3.05) is 49.7 Å². The third-order valence-electron chi connectivity index (χ3n) is 6.52. The molecule has 2 N–H and O–H groups in total. The molecule has 2 aromatic rings. The van der Waals surface area contributed by atoms with E-state index in [0.29, 0.717) is 18.9 Å². The van der Waals surface area contributed by atoms with E-state index in [1.165, 1.54) is 22.5 Å². The van der Waals surface area contributed by atoms with Crippen LogP contribution in [-0.4, -0.2) is 61.6 Å². The van der Waals surface area contributed by atoms with Crippen LogP contribution in [0.1, 0.15) is 42.6 Å². The van der Waals surface area contributed by atoms with Gasteiger partial charge in [0, 0.05) is 37.6 Å². The van der Waals surface area contributed by atoms with Gasteiger partial charge in [-0.2, -0.15) is 5.10 Å². The van der Waals surface area contributed by atoms with Crippen LogP contribution in [-0.2, 0) is 4.74 Å². The molecule has 0 unspecified atom stereocenters. The lowest BCUT2D eigenvalue weighted by Gasteiger charge is -2.31. The zero-order valence-corrected chi connectivity index (χ0v) is 20.5. The zero-order chi connectivity index (χ0) is 24.6. The van der Waals surface area contributed by atoms with Crippen LogP contribution >= 0.6 is 0 Å². The normalized spacial score (nSPS) is 17.4. The molecule has 1 saturated heterocycles. The van der Waals surface area contributed by atoms with Crippen LogP contribution in [0.25, 0.3) is 6.08 Å². The summed E-state index contributed by atoms with van der Waals surface area (Å²) in [4.78, 5) is 16.2. The first-order chi connectivity index (χ1) is 17.1. The minimum absolute atomic E-state index is 0.201. The molecule has 1 aliphatic heterocycles. The highest BCUT2D eigenvalue weighted by molar-refractivity contribution is 5.94. The largest absolute Gasteiger partial charge is 0.478 e. The summed E-state index contributed by atoms with van der Waals surface area (Å²) in [6, 6.07) is 15.6. The molecule has 0 atom stereocenters. The summed E-state index contributed by atoms with van der Waals surface area (Å²) >= 11 is 0. The standard InChI is InChI=1S/C28H34N4O3/c1-3-31(4-2)24-13-9-21(10-14-24)19-22-11-12-23(27(22)32-15-17-35-18-16-32)20-29-30-26-8-6-5-7-25(26)28(33)34/h5-10,13-14,19-20,30H,3-4,11-12,15-18H2,1-2H3,(H,33,34). The Morgan fingerprint density at radius 3 is 2.49 bits per heavy atom. The molecule has 4 rings (SSSR count). The molecule has 184 valence electrons. The van der Waals surface area contributed by atoms with Crippen molar-refractivity contribution in [1.82, 2.24) is 4.90 Å². The van der Waals surface area contributed by atoms with Gasteiger partial charge in [-0.15, -0.1) is 0 Å². The van der Waals surface area contributed by atoms with Gasteiger partial charge in [0.15, 0.2) is 0 Å². The number of para-hydroxylation sites is 1. The van der Waals surface area contributed by atoms with Crippen LogP contribution in [0.3, 0.4) is 0 Å². The van der Waals surface area contributed by atoms with Gasteiger partial charge in [0.1, 0.15) is 0 Å². The van der Waals surface area contributed by atoms with Gasteiger partial charge in [0.25, 0.3) is 0 Å². The molecule has 0 saturated carbocycles. The molecule has 1 aliphatic carbocycles. The van der Waals surface area contributed by atoms with Crippen LogP contribution in [0.4, 0.5) is 11.4 Å². The van der Waals surface area contributed by atoms with Crippen molar-refractivity contribution in [1.29, 1.82) is 0 Å². The van der Waals surface area contributed by atoms with Gasteiger partial charge in [-0.25, -0.2) is 4.79 Å². The average Bonchev–Trinajstić information content (AvgIpc) is 3.28. The summed E-state index contributed by atoms with van der Waals surface area (Å²) in [5.41, 5.74) is 9.71. The van der Waals surface area contributed by atoms with Crippen LogP contribution in [0.5, 0.6) is 0 Å². The number of morpholine rings is 1. The van der Waals surface area contributed by atoms with Crippen molar-refractivity contribution in [2.45, 2.75) is 26.7 Å². The molecule has 7 nitrogen and oxygen atoms in total. The summed E-state index contributed by atoms with van der Waals surface area (Å²) < 4.78 is 5.59. The van der Waals surface area contributed by atoms with Gasteiger partial charge in [0.05, 0.1) is 30.7 Å². The van der Waals surface area contributed by atoms with Gasteiger partial charge in [-0.05, 0) is 73.7 Å². The lowest BCUT2D eigenvalue weighted by Crippen LogP contribution is -2.36. The number of aromatic carboxylic acids is 1. The Morgan fingerprint density at radius 2 is 1.80 bits per heavy atom. The molecule has 7 heteroatoms. The highest BCUT2D eigenvalue weighted by Crippen LogP contribution is 2.35. The Morgan fingerprint density at radius 1 is 1.09 bits per heavy atom. The van der Waals surface area contributed by atoms with E-state index >= 15 is 0 Å². The third-order valence-corrected chi connectivity index (χ3v) is 6.52. The second-order valence-electron chi connectivity index (χ2n) is 8.63. The number of benzene rings is 2. The van der Waals surface area contributed by atoms with E-state index in [1.54, 1.807) is 24.3 Å². The number of hydrazone groups is 1. The van der Waals surface area contributed by atoms with E-state index in [4.69, 9.17) is 4.74 Å². The molecule has 1 heterocycles. The lowest BCUT2D eigenvalue weighted by atomic mass is 10.1. The van der Waals surface area contributed by atoms with E-state index in [-0.39, 0.29) is 5.56 Å². The Kier molecular flexibility index (Phi) is 8.21. The first kappa shape index (κ1) is 24.5. The Bertz CT molecular complexity index is 1110. The monoisotopic (exact) mass is 474 g/mol. The summed E-state index contributed by atoms with van der Waals surface area (Å²) in [6.45, 7) is 9.46. The van der Waals surface area contributed by atoms with E-state index in [1.807, 2.05) is 6.21 Å². The minimum atomic E-state index is -0.977. The lowest BCUT2D eigenvalue weighted by molar-refractivity contribution is 0.0548. The fourth-order valence-corrected chi connectivity index (χ4v) is 4.69. The number of anilines is 2. The molecule has 0 aromatic heterocycles. The number of nitrogens with zero attached hydrogens (tertiary/aromatic N) is 3. The first-order valence-electron chi connectivity index (χ1n) is 12.3. The van der Waals surface area contributed by atoms with Gasteiger partial charge in [0.2, 0.25) is 0 Å². The average molecular weight is 475 g/mol. The minimum Gasteiger partial charge on any atom is -0.478 e. The zero-order valence-electron chi connectivity index (χ0n) is 20.5. The maximum atomic E-state index is 11.5. The Balaban J connectivity index is 1.59. The van der Waals surface area contributed by atoms with Crippen LogP contribution in [0.15, 0.2) is 70.5 Å². The van der Waals surface area contributed by atoms with Crippen molar-refractivity contribution in [3.8, 4) is 0 Å². The quantitative estimate of drug-likeness (QED) is 0.389. The fourth-order valence-electron chi connectivity index (χ4n) is 4.69. The number of hydrogen-bond acceptors (Lipinski definition) is 6. The predicted molar refractivity (Wildman–Crippen MR) is 142 cm³/mol. The summed E-state index contributed by atoms with van der Waals surface area (Å²) in [5.74, 6) is -0.977. The second kappa shape index (κ2) is 11.7. The van der Waals surface area contributed by atoms with Crippen molar-refractivity contribution in [3.63, 3.8) is 0 Å². The van der Waals surface area contributed by atoms with Crippen molar-refractivity contribution in [2.24, 2.45) is 5.10 Å². The smallest absolute Gasteiger partial charge is 0.337 e.